The molecule has 0 bridgehead atoms. The normalized spacial score (nSPS) is 20.1. The quantitative estimate of drug-likeness (QED) is 0.205. The Balaban J connectivity index is 1.68. The first-order valence-electron chi connectivity index (χ1n) is 12.4. The number of carbonyl (C=O) groups is 3. The van der Waals surface area contributed by atoms with Crippen LogP contribution in [-0.4, -0.2) is 41.0 Å². The summed E-state index contributed by atoms with van der Waals surface area (Å²) in [6, 6.07) is 11.9. The number of Topliss-reactive ketones (excluding diaryl/α,β-unsaturated/α-hetero) is 1. The summed E-state index contributed by atoms with van der Waals surface area (Å²) < 4.78 is 10.6. The Morgan fingerprint density at radius 1 is 1.18 bits per heavy atom. The number of rotatable bonds is 5. The predicted molar refractivity (Wildman–Crippen MR) is 144 cm³/mol. The van der Waals surface area contributed by atoms with Gasteiger partial charge in [0.2, 0.25) is 0 Å². The molecule has 1 amide bonds. The highest BCUT2D eigenvalue weighted by atomic mass is 32.1. The van der Waals surface area contributed by atoms with Crippen LogP contribution in [0.1, 0.15) is 70.4 Å². The van der Waals surface area contributed by atoms with Crippen molar-refractivity contribution in [3.63, 3.8) is 0 Å². The van der Waals surface area contributed by atoms with Crippen LogP contribution in [0.5, 0.6) is 5.75 Å². The van der Waals surface area contributed by atoms with Crippen molar-refractivity contribution in [1.82, 2.24) is 4.98 Å². The van der Waals surface area contributed by atoms with Crippen LogP contribution in [0, 0.1) is 6.92 Å². The monoisotopic (exact) mass is 532 g/mol. The molecule has 1 fully saturated rings. The van der Waals surface area contributed by atoms with E-state index in [0.29, 0.717) is 23.2 Å². The molecule has 8 nitrogen and oxygen atoms in total. The second kappa shape index (κ2) is 9.72. The van der Waals surface area contributed by atoms with Gasteiger partial charge in [0.25, 0.3) is 5.78 Å². The highest BCUT2D eigenvalue weighted by Gasteiger charge is 2.48. The summed E-state index contributed by atoms with van der Waals surface area (Å²) in [5.41, 5.74) is 3.44. The number of carbonyl (C=O) groups excluding carboxylic acids is 3. The molecule has 1 aromatic heterocycles. The molecule has 2 aromatic carbocycles. The topological polar surface area (TPSA) is 106 Å². The molecule has 38 heavy (non-hydrogen) atoms. The van der Waals surface area contributed by atoms with Gasteiger partial charge in [-0.15, -0.1) is 0 Å². The minimum atomic E-state index is -0.935. The molecule has 2 atom stereocenters. The number of esters is 1. The number of aliphatic hydroxyl groups excluding tert-OH is 1. The first kappa shape index (κ1) is 25.7. The lowest BCUT2D eigenvalue weighted by molar-refractivity contribution is -0.132. The van der Waals surface area contributed by atoms with Crippen molar-refractivity contribution >= 4 is 39.9 Å². The number of hydrogen-bond donors (Lipinski definition) is 1. The summed E-state index contributed by atoms with van der Waals surface area (Å²) in [4.78, 5) is 45.1. The van der Waals surface area contributed by atoms with Gasteiger partial charge < -0.3 is 14.6 Å². The summed E-state index contributed by atoms with van der Waals surface area (Å²) in [6.07, 6.45) is 0.698. The number of ketones is 1. The van der Waals surface area contributed by atoms with Crippen molar-refractivity contribution < 1.29 is 29.0 Å². The van der Waals surface area contributed by atoms with Crippen LogP contribution < -0.4 is 9.64 Å². The van der Waals surface area contributed by atoms with E-state index in [0.717, 1.165) is 28.2 Å². The zero-order chi connectivity index (χ0) is 27.3. The molecule has 0 aliphatic carbocycles. The molecule has 5 rings (SSSR count). The maximum atomic E-state index is 13.5. The van der Waals surface area contributed by atoms with Gasteiger partial charge in [0.1, 0.15) is 22.5 Å². The van der Waals surface area contributed by atoms with Crippen molar-refractivity contribution in [3.8, 4) is 5.75 Å². The van der Waals surface area contributed by atoms with E-state index in [2.05, 4.69) is 18.8 Å². The van der Waals surface area contributed by atoms with Gasteiger partial charge in [-0.3, -0.25) is 14.5 Å². The Kier molecular flexibility index (Phi) is 6.56. The molecule has 1 saturated heterocycles. The summed E-state index contributed by atoms with van der Waals surface area (Å²) in [5.74, 6) is -1.46. The molecule has 9 heteroatoms. The number of aromatic nitrogens is 1. The lowest BCUT2D eigenvalue weighted by Crippen LogP contribution is -2.29. The van der Waals surface area contributed by atoms with Gasteiger partial charge >= 0.3 is 11.9 Å². The number of hydrogen-bond acceptors (Lipinski definition) is 8. The fraction of sp³-hybridized carbons (Fsp3) is 0.310. The van der Waals surface area contributed by atoms with E-state index in [4.69, 9.17) is 9.47 Å². The van der Waals surface area contributed by atoms with Crippen LogP contribution in [0.3, 0.4) is 0 Å². The second-order valence-corrected chi connectivity index (χ2v) is 10.8. The highest BCUT2D eigenvalue weighted by Crippen LogP contribution is 2.44. The van der Waals surface area contributed by atoms with Crippen molar-refractivity contribution in [2.45, 2.75) is 52.2 Å². The van der Waals surface area contributed by atoms with Gasteiger partial charge in [0.15, 0.2) is 5.13 Å². The first-order chi connectivity index (χ1) is 18.1. The lowest BCUT2D eigenvalue weighted by atomic mass is 9.93. The van der Waals surface area contributed by atoms with Crippen molar-refractivity contribution in [3.05, 3.63) is 80.9 Å². The van der Waals surface area contributed by atoms with Gasteiger partial charge in [-0.05, 0) is 54.7 Å². The summed E-state index contributed by atoms with van der Waals surface area (Å²) in [7, 11) is 1.27. The van der Waals surface area contributed by atoms with Gasteiger partial charge in [0, 0.05) is 12.0 Å². The molecule has 3 heterocycles. The zero-order valence-electron chi connectivity index (χ0n) is 21.8. The third-order valence-electron chi connectivity index (χ3n) is 6.89. The van der Waals surface area contributed by atoms with Crippen molar-refractivity contribution in [2.24, 2.45) is 0 Å². The number of benzene rings is 2. The van der Waals surface area contributed by atoms with E-state index in [9.17, 15) is 19.5 Å². The number of fused-ring (bicyclic) bond motifs is 1. The molecular formula is C29H28N2O6S. The number of nitrogens with zero attached hydrogens (tertiary/aromatic N) is 2. The fourth-order valence-corrected chi connectivity index (χ4v) is 5.91. The molecule has 2 aliphatic heterocycles. The molecule has 2 aliphatic rings. The minimum Gasteiger partial charge on any atom is -0.507 e. The average Bonchev–Trinajstić information content (AvgIpc) is 3.55. The number of methoxy groups -OCH3 is 1. The van der Waals surface area contributed by atoms with Gasteiger partial charge in [0.05, 0.1) is 24.4 Å². The van der Waals surface area contributed by atoms with Gasteiger partial charge in [-0.1, -0.05) is 49.4 Å². The predicted octanol–water partition coefficient (Wildman–Crippen LogP) is 5.31. The summed E-state index contributed by atoms with van der Waals surface area (Å²) >= 11 is 0.974. The van der Waals surface area contributed by atoms with Crippen LogP contribution >= 0.6 is 11.3 Å². The largest absolute Gasteiger partial charge is 0.507 e. The molecule has 0 radical (unpaired) electrons. The van der Waals surface area contributed by atoms with E-state index in [1.807, 2.05) is 31.2 Å². The van der Waals surface area contributed by atoms with E-state index in [1.54, 1.807) is 25.1 Å². The minimum absolute atomic E-state index is 0.0181. The van der Waals surface area contributed by atoms with Crippen molar-refractivity contribution in [2.75, 3.05) is 12.0 Å². The average molecular weight is 533 g/mol. The van der Waals surface area contributed by atoms with E-state index >= 15 is 0 Å². The number of aryl methyl sites for hydroxylation is 1. The number of aliphatic hydroxyl groups is 1. The summed E-state index contributed by atoms with van der Waals surface area (Å²) in [6.45, 7) is 7.76. The number of thiazole rings is 1. The second-order valence-electron chi connectivity index (χ2n) is 9.85. The number of amides is 1. The SMILES string of the molecule is COC(=O)c1sc(N2C(=O)C(=O)C(=C(O)c3ccc4c(c3)CC(C)O4)C2c2ccc(C(C)C)cc2)nc1C. The molecule has 0 spiro atoms. The molecule has 2 unspecified atom stereocenters. The first-order valence-corrected chi connectivity index (χ1v) is 13.2. The Morgan fingerprint density at radius 2 is 1.89 bits per heavy atom. The zero-order valence-corrected chi connectivity index (χ0v) is 22.6. The third kappa shape index (κ3) is 4.26. The molecule has 1 N–H and O–H groups in total. The van der Waals surface area contributed by atoms with Gasteiger partial charge in [-0.2, -0.15) is 0 Å². The maximum absolute atomic E-state index is 13.5. The summed E-state index contributed by atoms with van der Waals surface area (Å²) in [5, 5.41) is 11.7. The molecular weight excluding hydrogens is 504 g/mol. The van der Waals surface area contributed by atoms with Crippen LogP contribution in [0.4, 0.5) is 5.13 Å². The number of ether oxygens (including phenoxy) is 2. The molecule has 196 valence electrons. The maximum Gasteiger partial charge on any atom is 0.350 e. The Labute approximate surface area is 224 Å². The lowest BCUT2D eigenvalue weighted by Gasteiger charge is -2.23. The van der Waals surface area contributed by atoms with E-state index < -0.39 is 23.7 Å². The van der Waals surface area contributed by atoms with Crippen LogP contribution in [0.15, 0.2) is 48.0 Å². The Morgan fingerprint density at radius 3 is 2.55 bits per heavy atom. The van der Waals surface area contributed by atoms with Crippen LogP contribution in [0.2, 0.25) is 0 Å². The van der Waals surface area contributed by atoms with Gasteiger partial charge in [-0.25, -0.2) is 9.78 Å². The van der Waals surface area contributed by atoms with E-state index in [1.165, 1.54) is 12.0 Å². The standard InChI is InChI=1S/C29H28N2O6S/c1-14(2)17-6-8-18(9-7-17)23-22(24(32)19-10-11-21-20(13-19)12-15(3)37-21)25(33)27(34)31(23)29-30-16(4)26(38-29)28(35)36-5/h6-11,13-15,23,32H,12H2,1-5H3. The highest BCUT2D eigenvalue weighted by molar-refractivity contribution is 7.17. The molecule has 0 saturated carbocycles. The Hall–Kier alpha value is -3.98. The third-order valence-corrected chi connectivity index (χ3v) is 8.03. The van der Waals surface area contributed by atoms with Crippen molar-refractivity contribution in [1.29, 1.82) is 0 Å². The number of anilines is 1. The fourth-order valence-electron chi connectivity index (χ4n) is 4.90. The smallest absolute Gasteiger partial charge is 0.350 e. The van der Waals surface area contributed by atoms with Crippen LogP contribution in [-0.2, 0) is 20.7 Å². The molecule has 3 aromatic rings. The van der Waals surface area contributed by atoms with Crippen LogP contribution in [0.25, 0.3) is 5.76 Å². The Bertz CT molecular complexity index is 1490. The van der Waals surface area contributed by atoms with E-state index in [-0.39, 0.29) is 33.4 Å².